The standard InChI is InChI=1S/C16H23Cl2NO/c1-3-8-19-15(16-7-4-11(2)20-16)10-12-5-6-13(17)14(18)9-12/h5-6,9,11,15-16,19H,3-4,7-8,10H2,1-2H3. The van der Waals surface area contributed by atoms with Crippen LogP contribution in [0.1, 0.15) is 38.7 Å². The van der Waals surface area contributed by atoms with Crippen molar-refractivity contribution in [3.05, 3.63) is 33.8 Å². The third-order valence-electron chi connectivity index (χ3n) is 3.81. The summed E-state index contributed by atoms with van der Waals surface area (Å²) >= 11 is 12.1. The summed E-state index contributed by atoms with van der Waals surface area (Å²) in [5.74, 6) is 0. The topological polar surface area (TPSA) is 21.3 Å². The van der Waals surface area contributed by atoms with Crippen molar-refractivity contribution in [1.29, 1.82) is 0 Å². The van der Waals surface area contributed by atoms with Crippen LogP contribution in [0.2, 0.25) is 10.0 Å². The summed E-state index contributed by atoms with van der Waals surface area (Å²) in [4.78, 5) is 0. The first-order valence-electron chi connectivity index (χ1n) is 7.43. The molecule has 1 fully saturated rings. The van der Waals surface area contributed by atoms with Crippen LogP contribution in [0.4, 0.5) is 0 Å². The van der Waals surface area contributed by atoms with Gasteiger partial charge in [0.25, 0.3) is 0 Å². The fourth-order valence-electron chi connectivity index (χ4n) is 2.71. The monoisotopic (exact) mass is 315 g/mol. The van der Waals surface area contributed by atoms with Gasteiger partial charge in [0.2, 0.25) is 0 Å². The number of rotatable bonds is 6. The van der Waals surface area contributed by atoms with Crippen molar-refractivity contribution in [3.8, 4) is 0 Å². The van der Waals surface area contributed by atoms with Gasteiger partial charge in [-0.2, -0.15) is 0 Å². The molecule has 0 bridgehead atoms. The van der Waals surface area contributed by atoms with Gasteiger partial charge < -0.3 is 10.1 Å². The predicted molar refractivity (Wildman–Crippen MR) is 85.8 cm³/mol. The predicted octanol–water partition coefficient (Wildman–Crippen LogP) is 4.47. The zero-order valence-electron chi connectivity index (χ0n) is 12.2. The van der Waals surface area contributed by atoms with E-state index < -0.39 is 0 Å². The minimum Gasteiger partial charge on any atom is -0.374 e. The molecule has 0 aliphatic carbocycles. The molecule has 2 rings (SSSR count). The molecule has 1 aromatic carbocycles. The van der Waals surface area contributed by atoms with Gasteiger partial charge in [-0.25, -0.2) is 0 Å². The molecule has 1 N–H and O–H groups in total. The number of halogens is 2. The SMILES string of the molecule is CCCNC(Cc1ccc(Cl)c(Cl)c1)C1CCC(C)O1. The largest absolute Gasteiger partial charge is 0.374 e. The molecule has 1 saturated heterocycles. The lowest BCUT2D eigenvalue weighted by Gasteiger charge is -2.25. The Balaban J connectivity index is 2.04. The van der Waals surface area contributed by atoms with Crippen LogP contribution in [0.3, 0.4) is 0 Å². The quantitative estimate of drug-likeness (QED) is 0.836. The van der Waals surface area contributed by atoms with Crippen molar-refractivity contribution in [2.24, 2.45) is 0 Å². The van der Waals surface area contributed by atoms with Gasteiger partial charge in [-0.05, 0) is 56.8 Å². The molecule has 0 radical (unpaired) electrons. The second-order valence-corrected chi connectivity index (χ2v) is 6.39. The van der Waals surface area contributed by atoms with Gasteiger partial charge in [0.1, 0.15) is 0 Å². The Labute approximate surface area is 131 Å². The summed E-state index contributed by atoms with van der Waals surface area (Å²) in [5.41, 5.74) is 1.20. The molecule has 0 amide bonds. The number of nitrogens with one attached hydrogen (secondary N) is 1. The second-order valence-electron chi connectivity index (χ2n) is 5.58. The number of ether oxygens (including phenoxy) is 1. The lowest BCUT2D eigenvalue weighted by atomic mass is 9.99. The van der Waals surface area contributed by atoms with Crippen LogP contribution < -0.4 is 5.32 Å². The molecule has 20 heavy (non-hydrogen) atoms. The van der Waals surface area contributed by atoms with Crippen molar-refractivity contribution in [2.75, 3.05) is 6.54 Å². The summed E-state index contributed by atoms with van der Waals surface area (Å²) in [5, 5.41) is 4.85. The molecular formula is C16H23Cl2NO. The number of hydrogen-bond donors (Lipinski definition) is 1. The van der Waals surface area contributed by atoms with E-state index in [1.165, 1.54) is 5.56 Å². The Morgan fingerprint density at radius 2 is 2.10 bits per heavy atom. The maximum atomic E-state index is 6.10. The molecule has 4 heteroatoms. The molecule has 1 heterocycles. The van der Waals surface area contributed by atoms with E-state index in [4.69, 9.17) is 27.9 Å². The molecule has 0 saturated carbocycles. The van der Waals surface area contributed by atoms with Gasteiger partial charge in [-0.15, -0.1) is 0 Å². The van der Waals surface area contributed by atoms with Gasteiger partial charge >= 0.3 is 0 Å². The normalized spacial score (nSPS) is 24.0. The highest BCUT2D eigenvalue weighted by Crippen LogP contribution is 2.26. The summed E-state index contributed by atoms with van der Waals surface area (Å²) in [6.45, 7) is 5.34. The second kappa shape index (κ2) is 7.65. The Morgan fingerprint density at radius 3 is 2.70 bits per heavy atom. The van der Waals surface area contributed by atoms with Crippen molar-refractivity contribution in [3.63, 3.8) is 0 Å². The van der Waals surface area contributed by atoms with E-state index in [0.717, 1.165) is 32.2 Å². The maximum Gasteiger partial charge on any atom is 0.0735 e. The first-order chi connectivity index (χ1) is 9.60. The first-order valence-corrected chi connectivity index (χ1v) is 8.18. The molecule has 1 aromatic rings. The molecule has 3 unspecified atom stereocenters. The molecule has 112 valence electrons. The van der Waals surface area contributed by atoms with Crippen LogP contribution >= 0.6 is 23.2 Å². The lowest BCUT2D eigenvalue weighted by Crippen LogP contribution is -2.42. The zero-order valence-corrected chi connectivity index (χ0v) is 13.7. The summed E-state index contributed by atoms with van der Waals surface area (Å²) < 4.78 is 6.03. The number of hydrogen-bond acceptors (Lipinski definition) is 2. The van der Waals surface area contributed by atoms with Gasteiger partial charge in [0, 0.05) is 6.04 Å². The molecule has 0 aromatic heterocycles. The molecule has 1 aliphatic rings. The van der Waals surface area contributed by atoms with Crippen molar-refractivity contribution < 1.29 is 4.74 Å². The van der Waals surface area contributed by atoms with Crippen LogP contribution in [-0.4, -0.2) is 24.8 Å². The Hall–Kier alpha value is -0.280. The zero-order chi connectivity index (χ0) is 14.5. The lowest BCUT2D eigenvalue weighted by molar-refractivity contribution is 0.0321. The Kier molecular flexibility index (Phi) is 6.16. The van der Waals surface area contributed by atoms with E-state index in [0.29, 0.717) is 28.3 Å². The molecule has 2 nitrogen and oxygen atoms in total. The summed E-state index contributed by atoms with van der Waals surface area (Å²) in [7, 11) is 0. The van der Waals surface area contributed by atoms with Crippen LogP contribution in [0.5, 0.6) is 0 Å². The smallest absolute Gasteiger partial charge is 0.0735 e. The molecule has 3 atom stereocenters. The molecular weight excluding hydrogens is 293 g/mol. The van der Waals surface area contributed by atoms with E-state index in [2.05, 4.69) is 19.2 Å². The third-order valence-corrected chi connectivity index (χ3v) is 4.55. The van der Waals surface area contributed by atoms with Gasteiger partial charge in [-0.3, -0.25) is 0 Å². The van der Waals surface area contributed by atoms with E-state index in [9.17, 15) is 0 Å². The van der Waals surface area contributed by atoms with Gasteiger partial charge in [0.15, 0.2) is 0 Å². The van der Waals surface area contributed by atoms with Crippen LogP contribution in [0.25, 0.3) is 0 Å². The van der Waals surface area contributed by atoms with Gasteiger partial charge in [0.05, 0.1) is 22.3 Å². The Morgan fingerprint density at radius 1 is 1.30 bits per heavy atom. The third kappa shape index (κ3) is 4.36. The van der Waals surface area contributed by atoms with E-state index in [1.54, 1.807) is 0 Å². The fraction of sp³-hybridized carbons (Fsp3) is 0.625. The fourth-order valence-corrected chi connectivity index (χ4v) is 3.04. The summed E-state index contributed by atoms with van der Waals surface area (Å²) in [6, 6.07) is 6.22. The van der Waals surface area contributed by atoms with Gasteiger partial charge in [-0.1, -0.05) is 36.2 Å². The Bertz CT molecular complexity index is 438. The van der Waals surface area contributed by atoms with E-state index >= 15 is 0 Å². The van der Waals surface area contributed by atoms with E-state index in [1.807, 2.05) is 18.2 Å². The molecule has 1 aliphatic heterocycles. The van der Waals surface area contributed by atoms with Crippen LogP contribution in [0, 0.1) is 0 Å². The summed E-state index contributed by atoms with van der Waals surface area (Å²) in [6.07, 6.45) is 5.00. The van der Waals surface area contributed by atoms with Crippen molar-refractivity contribution >= 4 is 23.2 Å². The minimum absolute atomic E-state index is 0.297. The van der Waals surface area contributed by atoms with E-state index in [-0.39, 0.29) is 0 Å². The van der Waals surface area contributed by atoms with Crippen molar-refractivity contribution in [1.82, 2.24) is 5.32 Å². The van der Waals surface area contributed by atoms with Crippen LogP contribution in [0.15, 0.2) is 18.2 Å². The van der Waals surface area contributed by atoms with Crippen LogP contribution in [-0.2, 0) is 11.2 Å². The van der Waals surface area contributed by atoms with Crippen molar-refractivity contribution in [2.45, 2.75) is 57.8 Å². The highest BCUT2D eigenvalue weighted by Gasteiger charge is 2.29. The minimum atomic E-state index is 0.297. The average Bonchev–Trinajstić information content (AvgIpc) is 2.85. The average molecular weight is 316 g/mol. The molecule has 0 spiro atoms. The number of benzene rings is 1. The maximum absolute atomic E-state index is 6.10. The highest BCUT2D eigenvalue weighted by molar-refractivity contribution is 6.42. The highest BCUT2D eigenvalue weighted by atomic mass is 35.5. The first kappa shape index (κ1) is 16.1.